The number of carboxylic acids is 1. The summed E-state index contributed by atoms with van der Waals surface area (Å²) in [6.07, 6.45) is 0.380. The van der Waals surface area contributed by atoms with Crippen molar-refractivity contribution in [3.8, 4) is 11.5 Å². The molecule has 1 aromatic carbocycles. The maximum Gasteiger partial charge on any atom is 0.339 e. The molecule has 0 aliphatic heterocycles. The van der Waals surface area contributed by atoms with Crippen molar-refractivity contribution in [2.75, 3.05) is 13.2 Å². The first-order valence-electron chi connectivity index (χ1n) is 5.95. The second-order valence-corrected chi connectivity index (χ2v) is 4.03. The number of aromatic carboxylic acids is 1. The SMILES string of the molecule is C=C(C)C(=O)Oc1c(OCCCO)cccc1C(=O)O. The average molecular weight is 280 g/mol. The van der Waals surface area contributed by atoms with Gasteiger partial charge >= 0.3 is 11.9 Å². The number of aliphatic hydroxyl groups excluding tert-OH is 1. The fourth-order valence-corrected chi connectivity index (χ4v) is 1.33. The lowest BCUT2D eigenvalue weighted by Gasteiger charge is -2.13. The number of carbonyl (C=O) groups excluding carboxylic acids is 1. The Morgan fingerprint density at radius 2 is 2.05 bits per heavy atom. The first-order valence-corrected chi connectivity index (χ1v) is 5.95. The Hall–Kier alpha value is -2.34. The minimum absolute atomic E-state index is 0.0560. The van der Waals surface area contributed by atoms with Crippen molar-refractivity contribution in [1.29, 1.82) is 0 Å². The van der Waals surface area contributed by atoms with Crippen LogP contribution < -0.4 is 9.47 Å². The average Bonchev–Trinajstić information content (AvgIpc) is 2.40. The van der Waals surface area contributed by atoms with Crippen LogP contribution >= 0.6 is 0 Å². The fraction of sp³-hybridized carbons (Fsp3) is 0.286. The summed E-state index contributed by atoms with van der Waals surface area (Å²) in [5, 5.41) is 17.8. The monoisotopic (exact) mass is 280 g/mol. The van der Waals surface area contributed by atoms with Crippen molar-refractivity contribution in [3.05, 3.63) is 35.9 Å². The molecule has 0 aliphatic rings. The van der Waals surface area contributed by atoms with Gasteiger partial charge in [0.2, 0.25) is 0 Å². The van der Waals surface area contributed by atoms with Gasteiger partial charge in [-0.05, 0) is 19.1 Å². The number of rotatable bonds is 7. The highest BCUT2D eigenvalue weighted by Crippen LogP contribution is 2.32. The van der Waals surface area contributed by atoms with Gasteiger partial charge in [0.25, 0.3) is 0 Å². The summed E-state index contributed by atoms with van der Waals surface area (Å²) in [5.41, 5.74) is -0.0346. The van der Waals surface area contributed by atoms with Gasteiger partial charge in [0.05, 0.1) is 6.61 Å². The Kier molecular flexibility index (Phi) is 5.74. The van der Waals surface area contributed by atoms with E-state index in [0.717, 1.165) is 0 Å². The van der Waals surface area contributed by atoms with E-state index in [2.05, 4.69) is 6.58 Å². The first-order chi connectivity index (χ1) is 9.47. The number of para-hydroxylation sites is 1. The summed E-state index contributed by atoms with van der Waals surface area (Å²) < 4.78 is 10.3. The molecule has 0 heterocycles. The molecular formula is C14H16O6. The van der Waals surface area contributed by atoms with E-state index in [9.17, 15) is 9.59 Å². The Bertz CT molecular complexity index is 520. The second kappa shape index (κ2) is 7.30. The standard InChI is InChI=1S/C14H16O6/c1-9(2)14(18)20-12-10(13(16)17)5-3-6-11(12)19-8-4-7-15/h3,5-6,15H,1,4,7-8H2,2H3,(H,16,17). The molecule has 6 nitrogen and oxygen atoms in total. The van der Waals surface area contributed by atoms with Crippen molar-refractivity contribution in [2.24, 2.45) is 0 Å². The number of hydrogen-bond donors (Lipinski definition) is 2. The minimum Gasteiger partial charge on any atom is -0.490 e. The van der Waals surface area contributed by atoms with Crippen LogP contribution in [0.2, 0.25) is 0 Å². The molecule has 0 fully saturated rings. The highest BCUT2D eigenvalue weighted by atomic mass is 16.6. The van der Waals surface area contributed by atoms with Gasteiger partial charge in [0.1, 0.15) is 5.56 Å². The number of ether oxygens (including phenoxy) is 2. The van der Waals surface area contributed by atoms with Crippen LogP contribution in [0, 0.1) is 0 Å². The number of hydrogen-bond acceptors (Lipinski definition) is 5. The third kappa shape index (κ3) is 4.10. The van der Waals surface area contributed by atoms with Crippen molar-refractivity contribution in [3.63, 3.8) is 0 Å². The van der Waals surface area contributed by atoms with Crippen LogP contribution in [0.1, 0.15) is 23.7 Å². The van der Waals surface area contributed by atoms with Gasteiger partial charge in [-0.15, -0.1) is 0 Å². The predicted octanol–water partition coefficient (Wildman–Crippen LogP) is 1.63. The number of aliphatic hydroxyl groups is 1. The molecule has 0 saturated heterocycles. The van der Waals surface area contributed by atoms with Gasteiger partial charge in [-0.25, -0.2) is 9.59 Å². The zero-order valence-corrected chi connectivity index (χ0v) is 11.1. The fourth-order valence-electron chi connectivity index (χ4n) is 1.33. The maximum atomic E-state index is 11.6. The van der Waals surface area contributed by atoms with E-state index in [1.54, 1.807) is 0 Å². The molecule has 6 heteroatoms. The minimum atomic E-state index is -1.23. The third-order valence-electron chi connectivity index (χ3n) is 2.31. The Labute approximate surface area is 116 Å². The number of carbonyl (C=O) groups is 2. The molecule has 0 atom stereocenters. The zero-order chi connectivity index (χ0) is 15.1. The third-order valence-corrected chi connectivity index (χ3v) is 2.31. The first kappa shape index (κ1) is 15.7. The van der Waals surface area contributed by atoms with Crippen LogP contribution in [-0.2, 0) is 4.79 Å². The Morgan fingerprint density at radius 3 is 2.60 bits per heavy atom. The Balaban J connectivity index is 3.09. The molecule has 1 aromatic rings. The Morgan fingerprint density at radius 1 is 1.35 bits per heavy atom. The molecule has 0 radical (unpaired) electrons. The molecule has 1 rings (SSSR count). The second-order valence-electron chi connectivity index (χ2n) is 4.03. The summed E-state index contributed by atoms with van der Waals surface area (Å²) in [4.78, 5) is 22.7. The lowest BCUT2D eigenvalue weighted by Crippen LogP contribution is -2.13. The van der Waals surface area contributed by atoms with Crippen LogP contribution in [0.3, 0.4) is 0 Å². The lowest BCUT2D eigenvalue weighted by atomic mass is 10.2. The van der Waals surface area contributed by atoms with Gasteiger partial charge in [-0.2, -0.15) is 0 Å². The molecule has 0 aromatic heterocycles. The predicted molar refractivity (Wildman–Crippen MR) is 71.0 cm³/mol. The number of carboxylic acid groups (broad SMARTS) is 1. The van der Waals surface area contributed by atoms with Crippen molar-refractivity contribution >= 4 is 11.9 Å². The van der Waals surface area contributed by atoms with Crippen molar-refractivity contribution in [2.45, 2.75) is 13.3 Å². The van der Waals surface area contributed by atoms with Crippen molar-refractivity contribution < 1.29 is 29.3 Å². The van der Waals surface area contributed by atoms with Crippen LogP contribution in [0.5, 0.6) is 11.5 Å². The smallest absolute Gasteiger partial charge is 0.339 e. The largest absolute Gasteiger partial charge is 0.490 e. The quantitative estimate of drug-likeness (QED) is 0.341. The van der Waals surface area contributed by atoms with E-state index in [-0.39, 0.29) is 35.8 Å². The van der Waals surface area contributed by atoms with Crippen LogP contribution in [0.15, 0.2) is 30.4 Å². The van der Waals surface area contributed by atoms with Gasteiger partial charge < -0.3 is 19.7 Å². The molecule has 108 valence electrons. The van der Waals surface area contributed by atoms with E-state index in [1.807, 2.05) is 0 Å². The van der Waals surface area contributed by atoms with Crippen molar-refractivity contribution in [1.82, 2.24) is 0 Å². The normalized spacial score (nSPS) is 9.90. The molecule has 0 saturated carbocycles. The summed E-state index contributed by atoms with van der Waals surface area (Å²) in [7, 11) is 0. The summed E-state index contributed by atoms with van der Waals surface area (Å²) in [5.74, 6) is -1.99. The van der Waals surface area contributed by atoms with Gasteiger partial charge in [0.15, 0.2) is 11.5 Å². The van der Waals surface area contributed by atoms with Gasteiger partial charge in [-0.3, -0.25) is 0 Å². The van der Waals surface area contributed by atoms with Crippen LogP contribution in [0.4, 0.5) is 0 Å². The van der Waals surface area contributed by atoms with E-state index in [4.69, 9.17) is 19.7 Å². The highest BCUT2D eigenvalue weighted by molar-refractivity contribution is 5.95. The molecule has 20 heavy (non-hydrogen) atoms. The molecule has 0 amide bonds. The highest BCUT2D eigenvalue weighted by Gasteiger charge is 2.19. The molecule has 0 aliphatic carbocycles. The molecule has 0 unspecified atom stereocenters. The maximum absolute atomic E-state index is 11.6. The molecule has 2 N–H and O–H groups in total. The zero-order valence-electron chi connectivity index (χ0n) is 11.1. The molecular weight excluding hydrogens is 264 g/mol. The summed E-state index contributed by atoms with van der Waals surface area (Å²) in [6.45, 7) is 5.01. The van der Waals surface area contributed by atoms with E-state index in [1.165, 1.54) is 25.1 Å². The van der Waals surface area contributed by atoms with Gasteiger partial charge in [-0.1, -0.05) is 12.6 Å². The van der Waals surface area contributed by atoms with E-state index in [0.29, 0.717) is 6.42 Å². The molecule has 0 spiro atoms. The summed E-state index contributed by atoms with van der Waals surface area (Å²) >= 11 is 0. The van der Waals surface area contributed by atoms with Crippen LogP contribution in [-0.4, -0.2) is 35.4 Å². The number of esters is 1. The van der Waals surface area contributed by atoms with E-state index >= 15 is 0 Å². The lowest BCUT2D eigenvalue weighted by molar-refractivity contribution is -0.130. The van der Waals surface area contributed by atoms with Crippen LogP contribution in [0.25, 0.3) is 0 Å². The topological polar surface area (TPSA) is 93.1 Å². The van der Waals surface area contributed by atoms with Gasteiger partial charge in [0, 0.05) is 18.6 Å². The summed E-state index contributed by atoms with van der Waals surface area (Å²) in [6, 6.07) is 4.28. The van der Waals surface area contributed by atoms with E-state index < -0.39 is 11.9 Å². The molecule has 0 bridgehead atoms. The number of benzene rings is 1.